The van der Waals surface area contributed by atoms with Crippen molar-refractivity contribution >= 4 is 5.96 Å². The Balaban J connectivity index is 2.61. The summed E-state index contributed by atoms with van der Waals surface area (Å²) in [5.74, 6) is 6.23. The molecule has 0 radical (unpaired) electrons. The summed E-state index contributed by atoms with van der Waals surface area (Å²) in [5.41, 5.74) is 2.81. The van der Waals surface area contributed by atoms with Crippen molar-refractivity contribution in [2.45, 2.75) is 64.5 Å². The number of hydrogen-bond acceptors (Lipinski definition) is 2. The summed E-state index contributed by atoms with van der Waals surface area (Å²) in [4.78, 5) is 4.50. The van der Waals surface area contributed by atoms with E-state index in [0.717, 1.165) is 25.2 Å². The van der Waals surface area contributed by atoms with Crippen molar-refractivity contribution in [1.29, 1.82) is 0 Å². The SMILES string of the molecule is CCC(CC)(CC)NC(=NC1CC1)NN. The van der Waals surface area contributed by atoms with E-state index in [1.165, 1.54) is 12.8 Å². The summed E-state index contributed by atoms with van der Waals surface area (Å²) < 4.78 is 0. The molecule has 0 atom stereocenters. The lowest BCUT2D eigenvalue weighted by Crippen LogP contribution is -2.53. The lowest BCUT2D eigenvalue weighted by molar-refractivity contribution is 0.335. The molecule has 0 aromatic rings. The Kier molecular flexibility index (Phi) is 4.39. The standard InChI is InChI=1S/C11H24N4/c1-4-11(5-2,6-3)14-10(15-12)13-9-7-8-9/h9H,4-8,12H2,1-3H3,(H2,13,14,15). The number of nitrogens with two attached hydrogens (primary N) is 1. The largest absolute Gasteiger partial charge is 0.350 e. The number of hydrogen-bond donors (Lipinski definition) is 3. The molecule has 4 heteroatoms. The fourth-order valence-corrected chi connectivity index (χ4v) is 1.76. The number of nitrogens with one attached hydrogen (secondary N) is 2. The van der Waals surface area contributed by atoms with Gasteiger partial charge in [-0.2, -0.15) is 0 Å². The number of nitrogens with zero attached hydrogens (tertiary/aromatic N) is 1. The Bertz CT molecular complexity index is 208. The van der Waals surface area contributed by atoms with Crippen molar-refractivity contribution in [3.63, 3.8) is 0 Å². The van der Waals surface area contributed by atoms with E-state index in [0.29, 0.717) is 6.04 Å². The highest BCUT2D eigenvalue weighted by atomic mass is 15.3. The second-order valence-electron chi connectivity index (χ2n) is 4.32. The minimum Gasteiger partial charge on any atom is -0.350 e. The Labute approximate surface area is 92.7 Å². The van der Waals surface area contributed by atoms with Crippen molar-refractivity contribution < 1.29 is 0 Å². The average Bonchev–Trinajstić information content (AvgIpc) is 3.08. The molecule has 0 aromatic carbocycles. The van der Waals surface area contributed by atoms with Gasteiger partial charge in [0.05, 0.1) is 6.04 Å². The van der Waals surface area contributed by atoms with E-state index >= 15 is 0 Å². The van der Waals surface area contributed by atoms with Gasteiger partial charge in [-0.05, 0) is 32.1 Å². The molecular formula is C11H24N4. The fourth-order valence-electron chi connectivity index (χ4n) is 1.76. The topological polar surface area (TPSA) is 62.4 Å². The molecule has 15 heavy (non-hydrogen) atoms. The van der Waals surface area contributed by atoms with Gasteiger partial charge < -0.3 is 5.32 Å². The highest BCUT2D eigenvalue weighted by Crippen LogP contribution is 2.24. The van der Waals surface area contributed by atoms with E-state index in [4.69, 9.17) is 5.84 Å². The third-order valence-electron chi connectivity index (χ3n) is 3.41. The van der Waals surface area contributed by atoms with Gasteiger partial charge in [-0.1, -0.05) is 20.8 Å². The Morgan fingerprint density at radius 1 is 1.27 bits per heavy atom. The Morgan fingerprint density at radius 2 is 1.80 bits per heavy atom. The lowest BCUT2D eigenvalue weighted by atomic mass is 9.90. The smallest absolute Gasteiger partial charge is 0.206 e. The number of aliphatic imine (C=N–C) groups is 1. The first-order chi connectivity index (χ1) is 7.19. The van der Waals surface area contributed by atoms with Crippen LogP contribution in [0, 0.1) is 0 Å². The second-order valence-corrected chi connectivity index (χ2v) is 4.32. The summed E-state index contributed by atoms with van der Waals surface area (Å²) in [7, 11) is 0. The molecule has 1 aliphatic rings. The second kappa shape index (κ2) is 5.35. The molecule has 4 N–H and O–H groups in total. The van der Waals surface area contributed by atoms with Crippen LogP contribution in [0.2, 0.25) is 0 Å². The molecule has 1 fully saturated rings. The Hall–Kier alpha value is -0.770. The van der Waals surface area contributed by atoms with Crippen LogP contribution in [0.15, 0.2) is 4.99 Å². The molecule has 4 nitrogen and oxygen atoms in total. The molecule has 0 aromatic heterocycles. The van der Waals surface area contributed by atoms with Gasteiger partial charge >= 0.3 is 0 Å². The van der Waals surface area contributed by atoms with Crippen LogP contribution in [0.4, 0.5) is 0 Å². The van der Waals surface area contributed by atoms with Crippen LogP contribution in [0.3, 0.4) is 0 Å². The highest BCUT2D eigenvalue weighted by Gasteiger charge is 2.26. The minimum atomic E-state index is 0.139. The molecular weight excluding hydrogens is 188 g/mol. The van der Waals surface area contributed by atoms with E-state index in [9.17, 15) is 0 Å². The fraction of sp³-hybridized carbons (Fsp3) is 0.909. The van der Waals surface area contributed by atoms with Crippen LogP contribution >= 0.6 is 0 Å². The first-order valence-electron chi connectivity index (χ1n) is 6.02. The predicted octanol–water partition coefficient (Wildman–Crippen LogP) is 1.53. The van der Waals surface area contributed by atoms with E-state index in [-0.39, 0.29) is 5.54 Å². The molecule has 0 saturated heterocycles. The van der Waals surface area contributed by atoms with Crippen LogP contribution in [0.1, 0.15) is 52.9 Å². The van der Waals surface area contributed by atoms with Crippen molar-refractivity contribution in [1.82, 2.24) is 10.7 Å². The van der Waals surface area contributed by atoms with Crippen molar-refractivity contribution in [2.24, 2.45) is 10.8 Å². The minimum absolute atomic E-state index is 0.139. The molecule has 0 heterocycles. The molecule has 0 spiro atoms. The highest BCUT2D eigenvalue weighted by molar-refractivity contribution is 5.80. The van der Waals surface area contributed by atoms with Gasteiger partial charge in [0.15, 0.2) is 0 Å². The quantitative estimate of drug-likeness (QED) is 0.280. The first-order valence-corrected chi connectivity index (χ1v) is 6.02. The molecule has 0 bridgehead atoms. The molecule has 1 saturated carbocycles. The van der Waals surface area contributed by atoms with Crippen LogP contribution in [-0.4, -0.2) is 17.5 Å². The number of rotatable bonds is 5. The van der Waals surface area contributed by atoms with Crippen molar-refractivity contribution in [3.8, 4) is 0 Å². The van der Waals surface area contributed by atoms with Gasteiger partial charge in [-0.15, -0.1) is 0 Å². The summed E-state index contributed by atoms with van der Waals surface area (Å²) in [6.07, 6.45) is 5.66. The van der Waals surface area contributed by atoms with E-state index < -0.39 is 0 Å². The van der Waals surface area contributed by atoms with Gasteiger partial charge in [0, 0.05) is 5.54 Å². The lowest BCUT2D eigenvalue weighted by Gasteiger charge is -2.33. The maximum atomic E-state index is 5.48. The van der Waals surface area contributed by atoms with Gasteiger partial charge in [0.25, 0.3) is 0 Å². The first kappa shape index (κ1) is 12.3. The molecule has 0 unspecified atom stereocenters. The van der Waals surface area contributed by atoms with Crippen molar-refractivity contribution in [3.05, 3.63) is 0 Å². The average molecular weight is 212 g/mol. The normalized spacial score (nSPS) is 17.7. The van der Waals surface area contributed by atoms with E-state index in [1.54, 1.807) is 0 Å². The maximum absolute atomic E-state index is 5.48. The summed E-state index contributed by atoms with van der Waals surface area (Å²) in [6, 6.07) is 0.492. The van der Waals surface area contributed by atoms with Crippen LogP contribution in [0.5, 0.6) is 0 Å². The molecule has 0 aliphatic heterocycles. The molecule has 1 rings (SSSR count). The number of guanidine groups is 1. The number of hydrazine groups is 1. The summed E-state index contributed by atoms with van der Waals surface area (Å²) in [5, 5.41) is 3.45. The van der Waals surface area contributed by atoms with Crippen LogP contribution < -0.4 is 16.6 Å². The third-order valence-corrected chi connectivity index (χ3v) is 3.41. The zero-order valence-electron chi connectivity index (χ0n) is 10.1. The van der Waals surface area contributed by atoms with Gasteiger partial charge in [-0.25, -0.2) is 10.8 Å². The van der Waals surface area contributed by atoms with Crippen molar-refractivity contribution in [2.75, 3.05) is 0 Å². The van der Waals surface area contributed by atoms with Crippen LogP contribution in [-0.2, 0) is 0 Å². The van der Waals surface area contributed by atoms with Gasteiger partial charge in [0.2, 0.25) is 5.96 Å². The predicted molar refractivity (Wildman–Crippen MR) is 64.5 cm³/mol. The molecule has 88 valence electrons. The molecule has 1 aliphatic carbocycles. The zero-order chi connectivity index (χ0) is 11.3. The Morgan fingerprint density at radius 3 is 2.13 bits per heavy atom. The zero-order valence-corrected chi connectivity index (χ0v) is 10.1. The molecule has 0 amide bonds. The third kappa shape index (κ3) is 3.38. The van der Waals surface area contributed by atoms with Crippen LogP contribution in [0.25, 0.3) is 0 Å². The van der Waals surface area contributed by atoms with E-state index in [2.05, 4.69) is 36.5 Å². The summed E-state index contributed by atoms with van der Waals surface area (Å²) in [6.45, 7) is 6.60. The van der Waals surface area contributed by atoms with E-state index in [1.807, 2.05) is 0 Å². The monoisotopic (exact) mass is 212 g/mol. The van der Waals surface area contributed by atoms with Gasteiger partial charge in [-0.3, -0.25) is 5.43 Å². The van der Waals surface area contributed by atoms with Gasteiger partial charge in [0.1, 0.15) is 0 Å². The summed E-state index contributed by atoms with van der Waals surface area (Å²) >= 11 is 0. The maximum Gasteiger partial charge on any atom is 0.206 e.